The third-order valence-corrected chi connectivity index (χ3v) is 7.04. The fraction of sp³-hybridized carbons (Fsp3) is 0.895. The summed E-state index contributed by atoms with van der Waals surface area (Å²) in [4.78, 5) is 24.1. The molecule has 1 aliphatic heterocycles. The standard InChI is InChI=1S/C19H29NO4/c21-16(20-19(12-17(22)23)1-3-24-4-2-19)11-18-8-13-5-14(9-18)7-15(6-13)10-18/h13-15H,1-12H2,(H,20,21)(H,22,23). The SMILES string of the molecule is O=C(O)CC1(NC(=O)CC23CC4CC(CC(C4)C2)C3)CCOCC1. The van der Waals surface area contributed by atoms with Crippen LogP contribution < -0.4 is 5.32 Å². The van der Waals surface area contributed by atoms with Crippen LogP contribution in [0.3, 0.4) is 0 Å². The first kappa shape index (κ1) is 16.4. The second-order valence-electron chi connectivity index (χ2n) is 9.11. The molecule has 4 bridgehead atoms. The third kappa shape index (κ3) is 3.19. The summed E-state index contributed by atoms with van der Waals surface area (Å²) in [6.45, 7) is 1.07. The zero-order valence-corrected chi connectivity index (χ0v) is 14.4. The van der Waals surface area contributed by atoms with Crippen molar-refractivity contribution in [2.45, 2.75) is 69.7 Å². The Balaban J connectivity index is 1.43. The van der Waals surface area contributed by atoms with Crippen LogP contribution in [0.5, 0.6) is 0 Å². The maximum atomic E-state index is 12.8. The second kappa shape index (κ2) is 6.01. The van der Waals surface area contributed by atoms with Gasteiger partial charge in [0.25, 0.3) is 0 Å². The third-order valence-electron chi connectivity index (χ3n) is 7.04. The number of ether oxygens (including phenoxy) is 1. The highest BCUT2D eigenvalue weighted by atomic mass is 16.5. The lowest BCUT2D eigenvalue weighted by atomic mass is 9.49. The van der Waals surface area contributed by atoms with E-state index in [0.29, 0.717) is 32.5 Å². The Kier molecular flexibility index (Phi) is 4.10. The average molecular weight is 335 g/mol. The van der Waals surface area contributed by atoms with Gasteiger partial charge in [0.2, 0.25) is 5.91 Å². The summed E-state index contributed by atoms with van der Waals surface area (Å²) in [6, 6.07) is 0. The summed E-state index contributed by atoms with van der Waals surface area (Å²) < 4.78 is 5.38. The lowest BCUT2D eigenvalue weighted by molar-refractivity contribution is -0.141. The Morgan fingerprint density at radius 2 is 1.50 bits per heavy atom. The van der Waals surface area contributed by atoms with Gasteiger partial charge < -0.3 is 15.2 Å². The van der Waals surface area contributed by atoms with Gasteiger partial charge in [-0.1, -0.05) is 0 Å². The largest absolute Gasteiger partial charge is 0.481 e. The normalized spacial score (nSPS) is 39.6. The van der Waals surface area contributed by atoms with Crippen LogP contribution in [0.25, 0.3) is 0 Å². The van der Waals surface area contributed by atoms with E-state index in [-0.39, 0.29) is 17.7 Å². The Labute approximate surface area is 143 Å². The molecule has 5 heteroatoms. The molecule has 1 saturated heterocycles. The number of amides is 1. The predicted molar refractivity (Wildman–Crippen MR) is 88.4 cm³/mol. The molecule has 5 fully saturated rings. The van der Waals surface area contributed by atoms with Crippen molar-refractivity contribution in [3.8, 4) is 0 Å². The van der Waals surface area contributed by atoms with Gasteiger partial charge in [0, 0.05) is 19.6 Å². The fourth-order valence-corrected chi connectivity index (χ4v) is 6.58. The number of nitrogens with one attached hydrogen (secondary N) is 1. The van der Waals surface area contributed by atoms with E-state index in [1.807, 2.05) is 0 Å². The summed E-state index contributed by atoms with van der Waals surface area (Å²) in [7, 11) is 0. The summed E-state index contributed by atoms with van der Waals surface area (Å²) >= 11 is 0. The summed E-state index contributed by atoms with van der Waals surface area (Å²) in [5, 5.41) is 12.4. The van der Waals surface area contributed by atoms with Gasteiger partial charge in [-0.05, 0) is 74.5 Å². The molecular formula is C19H29NO4. The number of hydrogen-bond donors (Lipinski definition) is 2. The average Bonchev–Trinajstić information content (AvgIpc) is 2.44. The molecule has 4 aliphatic carbocycles. The van der Waals surface area contributed by atoms with Gasteiger partial charge in [0.05, 0.1) is 12.0 Å². The van der Waals surface area contributed by atoms with Crippen LogP contribution >= 0.6 is 0 Å². The van der Waals surface area contributed by atoms with Crippen molar-refractivity contribution in [3.05, 3.63) is 0 Å². The second-order valence-corrected chi connectivity index (χ2v) is 9.11. The molecule has 0 unspecified atom stereocenters. The molecule has 5 nitrogen and oxygen atoms in total. The van der Waals surface area contributed by atoms with Crippen molar-refractivity contribution in [1.29, 1.82) is 0 Å². The van der Waals surface area contributed by atoms with Gasteiger partial charge in [-0.25, -0.2) is 0 Å². The number of aliphatic carboxylic acids is 1. The minimum Gasteiger partial charge on any atom is -0.481 e. The minimum atomic E-state index is -0.841. The topological polar surface area (TPSA) is 75.6 Å². The Morgan fingerprint density at radius 1 is 0.958 bits per heavy atom. The molecule has 0 radical (unpaired) electrons. The van der Waals surface area contributed by atoms with Crippen LogP contribution in [-0.2, 0) is 14.3 Å². The van der Waals surface area contributed by atoms with Crippen LogP contribution in [0.2, 0.25) is 0 Å². The molecule has 0 spiro atoms. The molecule has 24 heavy (non-hydrogen) atoms. The van der Waals surface area contributed by atoms with Crippen LogP contribution in [0.4, 0.5) is 0 Å². The van der Waals surface area contributed by atoms with Gasteiger partial charge in [0.15, 0.2) is 0 Å². The Morgan fingerprint density at radius 3 is 2.00 bits per heavy atom. The summed E-state index contributed by atoms with van der Waals surface area (Å²) in [6.07, 6.45) is 9.56. The van der Waals surface area contributed by atoms with E-state index >= 15 is 0 Å². The molecule has 4 saturated carbocycles. The number of rotatable bonds is 5. The summed E-state index contributed by atoms with van der Waals surface area (Å²) in [5.41, 5.74) is -0.405. The molecule has 0 aromatic heterocycles. The van der Waals surface area contributed by atoms with E-state index in [1.165, 1.54) is 38.5 Å². The molecular weight excluding hydrogens is 306 g/mol. The van der Waals surface area contributed by atoms with Crippen LogP contribution in [0.15, 0.2) is 0 Å². The van der Waals surface area contributed by atoms with Crippen LogP contribution in [-0.4, -0.2) is 35.7 Å². The number of carboxylic acids is 1. The van der Waals surface area contributed by atoms with E-state index in [4.69, 9.17) is 4.74 Å². The molecule has 134 valence electrons. The zero-order valence-electron chi connectivity index (χ0n) is 14.4. The van der Waals surface area contributed by atoms with Crippen molar-refractivity contribution in [2.75, 3.05) is 13.2 Å². The zero-order chi connectivity index (χ0) is 16.8. The molecule has 5 aliphatic rings. The van der Waals surface area contributed by atoms with E-state index in [2.05, 4.69) is 5.32 Å². The molecule has 1 amide bonds. The molecule has 0 aromatic rings. The minimum absolute atomic E-state index is 0.00295. The first-order valence-corrected chi connectivity index (χ1v) is 9.57. The number of carboxylic acid groups (broad SMARTS) is 1. The van der Waals surface area contributed by atoms with Gasteiger partial charge in [-0.15, -0.1) is 0 Å². The first-order valence-electron chi connectivity index (χ1n) is 9.57. The van der Waals surface area contributed by atoms with Crippen molar-refractivity contribution in [2.24, 2.45) is 23.2 Å². The maximum Gasteiger partial charge on any atom is 0.305 e. The van der Waals surface area contributed by atoms with Crippen molar-refractivity contribution < 1.29 is 19.4 Å². The fourth-order valence-electron chi connectivity index (χ4n) is 6.58. The highest BCUT2D eigenvalue weighted by Gasteiger charge is 2.51. The van der Waals surface area contributed by atoms with E-state index in [1.54, 1.807) is 0 Å². The first-order chi connectivity index (χ1) is 11.5. The summed E-state index contributed by atoms with van der Waals surface area (Å²) in [5.74, 6) is 1.73. The smallest absolute Gasteiger partial charge is 0.305 e. The Hall–Kier alpha value is -1.10. The van der Waals surface area contributed by atoms with Crippen molar-refractivity contribution in [1.82, 2.24) is 5.32 Å². The molecule has 2 N–H and O–H groups in total. The molecule has 0 atom stereocenters. The van der Waals surface area contributed by atoms with Gasteiger partial charge in [0.1, 0.15) is 0 Å². The van der Waals surface area contributed by atoms with Gasteiger partial charge >= 0.3 is 5.97 Å². The quantitative estimate of drug-likeness (QED) is 0.810. The maximum absolute atomic E-state index is 12.8. The number of hydrogen-bond acceptors (Lipinski definition) is 3. The molecule has 5 rings (SSSR count). The lowest BCUT2D eigenvalue weighted by Crippen LogP contribution is -2.55. The van der Waals surface area contributed by atoms with E-state index < -0.39 is 11.5 Å². The van der Waals surface area contributed by atoms with Gasteiger partial charge in [-0.2, -0.15) is 0 Å². The van der Waals surface area contributed by atoms with Crippen LogP contribution in [0, 0.1) is 23.2 Å². The Bertz CT molecular complexity index is 488. The highest BCUT2D eigenvalue weighted by Crippen LogP contribution is 2.61. The molecule has 1 heterocycles. The van der Waals surface area contributed by atoms with E-state index in [0.717, 1.165) is 17.8 Å². The van der Waals surface area contributed by atoms with Gasteiger partial charge in [-0.3, -0.25) is 9.59 Å². The molecule has 0 aromatic carbocycles. The number of carbonyl (C=O) groups is 2. The monoisotopic (exact) mass is 335 g/mol. The lowest BCUT2D eigenvalue weighted by Gasteiger charge is -2.56. The van der Waals surface area contributed by atoms with Crippen molar-refractivity contribution in [3.63, 3.8) is 0 Å². The highest BCUT2D eigenvalue weighted by molar-refractivity contribution is 5.79. The van der Waals surface area contributed by atoms with E-state index in [9.17, 15) is 14.7 Å². The predicted octanol–water partition coefficient (Wildman–Crippen LogP) is 2.73. The van der Waals surface area contributed by atoms with Crippen LogP contribution in [0.1, 0.15) is 64.2 Å². The number of carbonyl (C=O) groups excluding carboxylic acids is 1. The van der Waals surface area contributed by atoms with Crippen molar-refractivity contribution >= 4 is 11.9 Å².